The molecule has 0 spiro atoms. The first kappa shape index (κ1) is 20.1. The van der Waals surface area contributed by atoms with Crippen LogP contribution in [0.3, 0.4) is 0 Å². The van der Waals surface area contributed by atoms with E-state index in [9.17, 15) is 4.79 Å². The van der Waals surface area contributed by atoms with Crippen LogP contribution in [0.1, 0.15) is 25.3 Å². The van der Waals surface area contributed by atoms with E-state index in [2.05, 4.69) is 16.0 Å². The van der Waals surface area contributed by atoms with Crippen LogP contribution in [0.15, 0.2) is 36.7 Å². The zero-order chi connectivity index (χ0) is 19.9. The molecule has 6 nitrogen and oxygen atoms in total. The van der Waals surface area contributed by atoms with Crippen LogP contribution < -0.4 is 9.47 Å². The molecule has 28 heavy (non-hydrogen) atoms. The van der Waals surface area contributed by atoms with Crippen LogP contribution in [-0.4, -0.2) is 49.8 Å². The van der Waals surface area contributed by atoms with Crippen molar-refractivity contribution in [3.05, 3.63) is 42.2 Å². The summed E-state index contributed by atoms with van der Waals surface area (Å²) in [6.07, 6.45) is 5.61. The fourth-order valence-electron chi connectivity index (χ4n) is 3.67. The van der Waals surface area contributed by atoms with Crippen LogP contribution in [-0.2, 0) is 16.1 Å². The maximum atomic E-state index is 12.1. The van der Waals surface area contributed by atoms with Crippen LogP contribution in [0, 0.1) is 5.92 Å². The summed E-state index contributed by atoms with van der Waals surface area (Å²) in [7, 11) is 3.31. The molecule has 1 aromatic carbocycles. The molecule has 0 radical (unpaired) electrons. The van der Waals surface area contributed by atoms with Crippen molar-refractivity contribution in [3.63, 3.8) is 0 Å². The number of ether oxygens (including phenoxy) is 3. The largest absolute Gasteiger partial charge is 0.497 e. The van der Waals surface area contributed by atoms with Crippen LogP contribution in [0.5, 0.6) is 11.5 Å². The summed E-state index contributed by atoms with van der Waals surface area (Å²) >= 11 is 0. The van der Waals surface area contributed by atoms with Gasteiger partial charge in [-0.3, -0.25) is 14.7 Å². The number of hydrogen-bond donors (Lipinski definition) is 0. The molecule has 0 N–H and O–H groups in total. The van der Waals surface area contributed by atoms with E-state index in [1.165, 1.54) is 0 Å². The van der Waals surface area contributed by atoms with E-state index >= 15 is 0 Å². The fraction of sp³-hybridized carbons (Fsp3) is 0.455. The molecule has 1 aliphatic heterocycles. The Labute approximate surface area is 166 Å². The van der Waals surface area contributed by atoms with Gasteiger partial charge in [0.2, 0.25) is 0 Å². The minimum absolute atomic E-state index is 0.0386. The van der Waals surface area contributed by atoms with E-state index in [1.54, 1.807) is 14.2 Å². The standard InChI is InChI=1S/C22H28N2O4/c1-4-28-22(25)17-6-5-9-24(15-17)14-16-10-18(13-23-12-16)20-11-19(26-2)7-8-21(20)27-3/h7-8,10-13,17H,4-6,9,14-15H2,1-3H3/t17-/m1/s1. The van der Waals surface area contributed by atoms with Gasteiger partial charge in [0.25, 0.3) is 0 Å². The third-order valence-electron chi connectivity index (χ3n) is 5.04. The molecule has 1 aromatic heterocycles. The molecular weight excluding hydrogens is 356 g/mol. The molecule has 1 atom stereocenters. The number of nitrogens with zero attached hydrogens (tertiary/aromatic N) is 2. The molecular formula is C22H28N2O4. The average molecular weight is 384 g/mol. The Morgan fingerprint density at radius 3 is 2.82 bits per heavy atom. The summed E-state index contributed by atoms with van der Waals surface area (Å²) in [4.78, 5) is 18.8. The Kier molecular flexibility index (Phi) is 6.87. The van der Waals surface area contributed by atoms with E-state index in [1.807, 2.05) is 37.5 Å². The second-order valence-corrected chi connectivity index (χ2v) is 6.97. The minimum Gasteiger partial charge on any atom is -0.497 e. The smallest absolute Gasteiger partial charge is 0.310 e. The lowest BCUT2D eigenvalue weighted by Crippen LogP contribution is -2.38. The van der Waals surface area contributed by atoms with Gasteiger partial charge in [0.15, 0.2) is 0 Å². The molecule has 1 saturated heterocycles. The molecule has 150 valence electrons. The number of piperidine rings is 1. The zero-order valence-corrected chi connectivity index (χ0v) is 16.8. The third kappa shape index (κ3) is 4.81. The second-order valence-electron chi connectivity index (χ2n) is 6.97. The number of rotatable bonds is 7. The summed E-state index contributed by atoms with van der Waals surface area (Å²) in [5.41, 5.74) is 3.03. The number of methoxy groups -OCH3 is 2. The Balaban J connectivity index is 1.76. The van der Waals surface area contributed by atoms with Crippen LogP contribution in [0.2, 0.25) is 0 Å². The van der Waals surface area contributed by atoms with Gasteiger partial charge in [-0.2, -0.15) is 0 Å². The Bertz CT molecular complexity index is 809. The number of esters is 1. The fourth-order valence-corrected chi connectivity index (χ4v) is 3.67. The summed E-state index contributed by atoms with van der Waals surface area (Å²) in [6.45, 7) is 4.74. The summed E-state index contributed by atoms with van der Waals surface area (Å²) in [5.74, 6) is 1.43. The highest BCUT2D eigenvalue weighted by atomic mass is 16.5. The predicted molar refractivity (Wildman–Crippen MR) is 107 cm³/mol. The number of carbonyl (C=O) groups is 1. The van der Waals surface area contributed by atoms with Crippen molar-refractivity contribution in [2.75, 3.05) is 33.9 Å². The summed E-state index contributed by atoms with van der Waals surface area (Å²) in [5, 5.41) is 0. The van der Waals surface area contributed by atoms with Crippen molar-refractivity contribution >= 4 is 5.97 Å². The minimum atomic E-state index is -0.0832. The summed E-state index contributed by atoms with van der Waals surface area (Å²) < 4.78 is 16.1. The van der Waals surface area contributed by atoms with Gasteiger partial charge in [-0.1, -0.05) is 0 Å². The predicted octanol–water partition coefficient (Wildman–Crippen LogP) is 3.54. The highest BCUT2D eigenvalue weighted by molar-refractivity contribution is 5.73. The number of benzene rings is 1. The highest BCUT2D eigenvalue weighted by Crippen LogP contribution is 2.33. The van der Waals surface area contributed by atoms with E-state index < -0.39 is 0 Å². The van der Waals surface area contributed by atoms with Gasteiger partial charge in [0, 0.05) is 36.6 Å². The molecule has 0 unspecified atom stereocenters. The number of hydrogen-bond acceptors (Lipinski definition) is 6. The van der Waals surface area contributed by atoms with Gasteiger partial charge >= 0.3 is 5.97 Å². The van der Waals surface area contributed by atoms with Crippen molar-refractivity contribution in [2.45, 2.75) is 26.3 Å². The Morgan fingerprint density at radius 1 is 1.21 bits per heavy atom. The SMILES string of the molecule is CCOC(=O)[C@@H]1CCCN(Cc2cncc(-c3cc(OC)ccc3OC)c2)C1. The monoisotopic (exact) mass is 384 g/mol. The molecule has 1 aliphatic rings. The molecule has 1 fully saturated rings. The van der Waals surface area contributed by atoms with Crippen molar-refractivity contribution in [1.82, 2.24) is 9.88 Å². The lowest BCUT2D eigenvalue weighted by atomic mass is 9.97. The van der Waals surface area contributed by atoms with Gasteiger partial charge in [-0.15, -0.1) is 0 Å². The normalized spacial score (nSPS) is 17.2. The van der Waals surface area contributed by atoms with Gasteiger partial charge < -0.3 is 14.2 Å². The lowest BCUT2D eigenvalue weighted by Gasteiger charge is -2.31. The first-order chi connectivity index (χ1) is 13.6. The molecule has 0 amide bonds. The quantitative estimate of drug-likeness (QED) is 0.681. The molecule has 0 saturated carbocycles. The van der Waals surface area contributed by atoms with Crippen LogP contribution in [0.4, 0.5) is 0 Å². The Hall–Kier alpha value is -2.60. The highest BCUT2D eigenvalue weighted by Gasteiger charge is 2.26. The molecule has 0 aliphatic carbocycles. The Morgan fingerprint density at radius 2 is 2.07 bits per heavy atom. The number of pyridine rings is 1. The van der Waals surface area contributed by atoms with Gasteiger partial charge in [-0.05, 0) is 56.1 Å². The van der Waals surface area contributed by atoms with Crippen LogP contribution >= 0.6 is 0 Å². The topological polar surface area (TPSA) is 60.9 Å². The first-order valence-electron chi connectivity index (χ1n) is 9.70. The van der Waals surface area contributed by atoms with Crippen molar-refractivity contribution in [1.29, 1.82) is 0 Å². The number of aromatic nitrogens is 1. The van der Waals surface area contributed by atoms with E-state index in [4.69, 9.17) is 14.2 Å². The van der Waals surface area contributed by atoms with E-state index in [0.29, 0.717) is 6.61 Å². The number of carbonyl (C=O) groups excluding carboxylic acids is 1. The first-order valence-corrected chi connectivity index (χ1v) is 9.70. The van der Waals surface area contributed by atoms with Crippen molar-refractivity contribution in [3.8, 4) is 22.6 Å². The molecule has 6 heteroatoms. The van der Waals surface area contributed by atoms with E-state index in [-0.39, 0.29) is 11.9 Å². The maximum Gasteiger partial charge on any atom is 0.310 e. The second kappa shape index (κ2) is 9.55. The zero-order valence-electron chi connectivity index (χ0n) is 16.8. The lowest BCUT2D eigenvalue weighted by molar-refractivity contribution is -0.150. The van der Waals surface area contributed by atoms with Crippen LogP contribution in [0.25, 0.3) is 11.1 Å². The summed E-state index contributed by atoms with van der Waals surface area (Å²) in [6, 6.07) is 7.86. The average Bonchev–Trinajstić information content (AvgIpc) is 2.74. The van der Waals surface area contributed by atoms with Crippen molar-refractivity contribution in [2.24, 2.45) is 5.92 Å². The van der Waals surface area contributed by atoms with Gasteiger partial charge in [-0.25, -0.2) is 0 Å². The number of likely N-dealkylation sites (tertiary alicyclic amines) is 1. The van der Waals surface area contributed by atoms with E-state index in [0.717, 1.165) is 60.7 Å². The maximum absolute atomic E-state index is 12.1. The molecule has 2 heterocycles. The van der Waals surface area contributed by atoms with Gasteiger partial charge in [0.1, 0.15) is 11.5 Å². The van der Waals surface area contributed by atoms with Gasteiger partial charge in [0.05, 0.1) is 26.7 Å². The molecule has 3 rings (SSSR count). The molecule has 2 aromatic rings. The van der Waals surface area contributed by atoms with Crippen molar-refractivity contribution < 1.29 is 19.0 Å². The third-order valence-corrected chi connectivity index (χ3v) is 5.04. The molecule has 0 bridgehead atoms.